The van der Waals surface area contributed by atoms with E-state index in [0.29, 0.717) is 18.3 Å². The van der Waals surface area contributed by atoms with Gasteiger partial charge in [0, 0.05) is 11.8 Å². The minimum absolute atomic E-state index is 0.114. The van der Waals surface area contributed by atoms with Crippen LogP contribution in [-0.2, 0) is 24.2 Å². The Balaban J connectivity index is 1.45. The number of amides is 1. The average molecular weight is 339 g/mol. The average Bonchev–Trinajstić information content (AvgIpc) is 3.38. The number of hydrogen-bond donors (Lipinski definition) is 1. The Hall–Kier alpha value is -2.30. The zero-order valence-corrected chi connectivity index (χ0v) is 14.5. The molecule has 0 saturated heterocycles. The summed E-state index contributed by atoms with van der Waals surface area (Å²) in [5.41, 5.74) is 3.86. The van der Waals surface area contributed by atoms with E-state index in [1.54, 1.807) is 18.4 Å². The van der Waals surface area contributed by atoms with Gasteiger partial charge < -0.3 is 9.73 Å². The number of nitrogens with zero attached hydrogens (tertiary/aromatic N) is 2. The zero-order chi connectivity index (χ0) is 17.1. The van der Waals surface area contributed by atoms with E-state index in [1.807, 2.05) is 6.07 Å². The SMILES string of the molecule is O=C(C=Cc1ccco1)NCc1nn(C2CCCC2)c2c1CCCC2. The van der Waals surface area contributed by atoms with Crippen molar-refractivity contribution in [3.63, 3.8) is 0 Å². The van der Waals surface area contributed by atoms with Crippen molar-refractivity contribution in [1.82, 2.24) is 15.1 Å². The van der Waals surface area contributed by atoms with Crippen molar-refractivity contribution >= 4 is 12.0 Å². The fourth-order valence-corrected chi connectivity index (χ4v) is 4.07. The maximum absolute atomic E-state index is 12.1. The molecule has 0 bridgehead atoms. The topological polar surface area (TPSA) is 60.1 Å². The van der Waals surface area contributed by atoms with Gasteiger partial charge in [-0.3, -0.25) is 9.48 Å². The van der Waals surface area contributed by atoms with Gasteiger partial charge in [0.1, 0.15) is 5.76 Å². The number of rotatable bonds is 5. The molecule has 1 N–H and O–H groups in total. The first-order valence-electron chi connectivity index (χ1n) is 9.40. The Morgan fingerprint density at radius 3 is 2.92 bits per heavy atom. The zero-order valence-electron chi connectivity index (χ0n) is 14.5. The summed E-state index contributed by atoms with van der Waals surface area (Å²) in [6.07, 6.45) is 14.6. The maximum Gasteiger partial charge on any atom is 0.244 e. The van der Waals surface area contributed by atoms with Crippen molar-refractivity contribution in [3.8, 4) is 0 Å². The fourth-order valence-electron chi connectivity index (χ4n) is 4.07. The molecule has 2 aliphatic rings. The smallest absolute Gasteiger partial charge is 0.244 e. The van der Waals surface area contributed by atoms with Crippen molar-refractivity contribution in [3.05, 3.63) is 47.2 Å². The van der Waals surface area contributed by atoms with E-state index in [0.717, 1.165) is 18.5 Å². The molecule has 5 heteroatoms. The van der Waals surface area contributed by atoms with Gasteiger partial charge in [-0.25, -0.2) is 0 Å². The van der Waals surface area contributed by atoms with Crippen molar-refractivity contribution in [1.29, 1.82) is 0 Å². The molecule has 1 saturated carbocycles. The van der Waals surface area contributed by atoms with Crippen LogP contribution >= 0.6 is 0 Å². The lowest BCUT2D eigenvalue weighted by molar-refractivity contribution is -0.116. The Morgan fingerprint density at radius 2 is 2.12 bits per heavy atom. The van der Waals surface area contributed by atoms with E-state index in [1.165, 1.54) is 55.9 Å². The standard InChI is InChI=1S/C20H25N3O2/c24-20(12-11-16-8-5-13-25-16)21-14-18-17-9-3-4-10-19(17)23(22-18)15-6-1-2-7-15/h5,8,11-13,15H,1-4,6-7,9-10,14H2,(H,21,24). The number of furan rings is 1. The second-order valence-electron chi connectivity index (χ2n) is 7.03. The predicted octanol–water partition coefficient (Wildman–Crippen LogP) is 3.80. The van der Waals surface area contributed by atoms with Gasteiger partial charge >= 0.3 is 0 Å². The number of fused-ring (bicyclic) bond motifs is 1. The van der Waals surface area contributed by atoms with E-state index < -0.39 is 0 Å². The minimum Gasteiger partial charge on any atom is -0.465 e. The highest BCUT2D eigenvalue weighted by Gasteiger charge is 2.26. The van der Waals surface area contributed by atoms with Crippen LogP contribution in [0.1, 0.15) is 67.3 Å². The molecule has 2 aromatic rings. The summed E-state index contributed by atoms with van der Waals surface area (Å²) in [6.45, 7) is 0.503. The minimum atomic E-state index is -0.114. The van der Waals surface area contributed by atoms with Crippen LogP contribution in [0.15, 0.2) is 28.9 Å². The molecule has 2 aromatic heterocycles. The van der Waals surface area contributed by atoms with Gasteiger partial charge in [0.2, 0.25) is 5.91 Å². The Kier molecular flexibility index (Phi) is 4.72. The molecule has 25 heavy (non-hydrogen) atoms. The third-order valence-electron chi connectivity index (χ3n) is 5.33. The Bertz CT molecular complexity index is 752. The van der Waals surface area contributed by atoms with Crippen LogP contribution in [0.5, 0.6) is 0 Å². The number of nitrogens with one attached hydrogen (secondary N) is 1. The van der Waals surface area contributed by atoms with Crippen LogP contribution in [0.4, 0.5) is 0 Å². The van der Waals surface area contributed by atoms with Crippen LogP contribution < -0.4 is 5.32 Å². The van der Waals surface area contributed by atoms with Gasteiger partial charge in [-0.05, 0) is 62.3 Å². The number of aromatic nitrogens is 2. The van der Waals surface area contributed by atoms with Crippen LogP contribution in [0.2, 0.25) is 0 Å². The van der Waals surface area contributed by atoms with Gasteiger partial charge in [0.25, 0.3) is 0 Å². The lowest BCUT2D eigenvalue weighted by Crippen LogP contribution is -2.21. The molecule has 2 heterocycles. The molecule has 0 atom stereocenters. The molecule has 0 aliphatic heterocycles. The first kappa shape index (κ1) is 16.2. The van der Waals surface area contributed by atoms with Crippen LogP contribution in [0.3, 0.4) is 0 Å². The molecule has 1 fully saturated rings. The number of hydrogen-bond acceptors (Lipinski definition) is 3. The number of carbonyl (C=O) groups excluding carboxylic acids is 1. The highest BCUT2D eigenvalue weighted by Crippen LogP contribution is 2.34. The summed E-state index contributed by atoms with van der Waals surface area (Å²) in [6, 6.07) is 4.19. The summed E-state index contributed by atoms with van der Waals surface area (Å²) in [7, 11) is 0. The molecule has 132 valence electrons. The van der Waals surface area contributed by atoms with Crippen LogP contribution in [0.25, 0.3) is 6.08 Å². The quantitative estimate of drug-likeness (QED) is 0.843. The number of carbonyl (C=O) groups is 1. The predicted molar refractivity (Wildman–Crippen MR) is 96.0 cm³/mol. The highest BCUT2D eigenvalue weighted by molar-refractivity contribution is 5.91. The van der Waals surface area contributed by atoms with E-state index in [-0.39, 0.29) is 5.91 Å². The van der Waals surface area contributed by atoms with E-state index in [4.69, 9.17) is 9.52 Å². The van der Waals surface area contributed by atoms with Crippen LogP contribution in [-0.4, -0.2) is 15.7 Å². The molecule has 0 spiro atoms. The van der Waals surface area contributed by atoms with Crippen molar-refractivity contribution in [2.75, 3.05) is 0 Å². The Morgan fingerprint density at radius 1 is 1.28 bits per heavy atom. The van der Waals surface area contributed by atoms with Crippen molar-refractivity contribution in [2.45, 2.75) is 64.0 Å². The van der Waals surface area contributed by atoms with E-state index in [9.17, 15) is 4.79 Å². The highest BCUT2D eigenvalue weighted by atomic mass is 16.3. The molecule has 1 amide bonds. The third kappa shape index (κ3) is 3.55. The van der Waals surface area contributed by atoms with Crippen molar-refractivity contribution < 1.29 is 9.21 Å². The van der Waals surface area contributed by atoms with Gasteiger partial charge in [0.15, 0.2) is 0 Å². The normalized spacial score (nSPS) is 17.9. The van der Waals surface area contributed by atoms with E-state index in [2.05, 4.69) is 10.00 Å². The van der Waals surface area contributed by atoms with Gasteiger partial charge in [0.05, 0.1) is 24.5 Å². The summed E-state index contributed by atoms with van der Waals surface area (Å²) in [5.74, 6) is 0.564. The summed E-state index contributed by atoms with van der Waals surface area (Å²) in [4.78, 5) is 12.1. The second-order valence-corrected chi connectivity index (χ2v) is 7.03. The first-order valence-corrected chi connectivity index (χ1v) is 9.40. The molecule has 2 aliphatic carbocycles. The largest absolute Gasteiger partial charge is 0.465 e. The van der Waals surface area contributed by atoms with Gasteiger partial charge in [-0.15, -0.1) is 0 Å². The molecular formula is C20H25N3O2. The van der Waals surface area contributed by atoms with E-state index >= 15 is 0 Å². The molecule has 5 nitrogen and oxygen atoms in total. The summed E-state index contributed by atoms with van der Waals surface area (Å²) in [5, 5.41) is 7.89. The maximum atomic E-state index is 12.1. The lowest BCUT2D eigenvalue weighted by Gasteiger charge is -2.18. The molecular weight excluding hydrogens is 314 g/mol. The molecule has 0 radical (unpaired) electrons. The van der Waals surface area contributed by atoms with Crippen molar-refractivity contribution in [2.24, 2.45) is 0 Å². The fraction of sp³-hybridized carbons (Fsp3) is 0.500. The third-order valence-corrected chi connectivity index (χ3v) is 5.33. The van der Waals surface area contributed by atoms with Gasteiger partial charge in [-0.1, -0.05) is 12.8 Å². The lowest BCUT2D eigenvalue weighted by atomic mass is 9.95. The first-order chi connectivity index (χ1) is 12.3. The van der Waals surface area contributed by atoms with Gasteiger partial charge in [-0.2, -0.15) is 5.10 Å². The molecule has 0 unspecified atom stereocenters. The van der Waals surface area contributed by atoms with Crippen LogP contribution in [0, 0.1) is 0 Å². The Labute approximate surface area is 148 Å². The monoisotopic (exact) mass is 339 g/mol. The summed E-state index contributed by atoms with van der Waals surface area (Å²) >= 11 is 0. The molecule has 4 rings (SSSR count). The molecule has 0 aromatic carbocycles. The second kappa shape index (κ2) is 7.30. The summed E-state index contributed by atoms with van der Waals surface area (Å²) < 4.78 is 7.49.